The van der Waals surface area contributed by atoms with E-state index in [4.69, 9.17) is 22.1 Å². The molecule has 0 saturated carbocycles. The third-order valence-corrected chi connectivity index (χ3v) is 2.63. The summed E-state index contributed by atoms with van der Waals surface area (Å²) in [6.45, 7) is 3.44. The highest BCUT2D eigenvalue weighted by atomic mass is 35.5. The molecular formula is C11H14ClNO2. The number of rotatable bonds is 3. The lowest BCUT2D eigenvalue weighted by molar-refractivity contribution is 0.0967. The maximum atomic E-state index is 11.7. The van der Waals surface area contributed by atoms with E-state index in [9.17, 15) is 4.79 Å². The third-order valence-electron chi connectivity index (χ3n) is 2.23. The molecule has 1 atom stereocenters. The van der Waals surface area contributed by atoms with Gasteiger partial charge >= 0.3 is 0 Å². The highest BCUT2D eigenvalue weighted by Gasteiger charge is 2.16. The number of hydrogen-bond donors (Lipinski definition) is 1. The molecule has 82 valence electrons. The number of halogens is 1. The molecule has 0 spiro atoms. The number of Topliss-reactive ketones (excluding diaryl/α,β-unsaturated/α-hetero) is 1. The van der Waals surface area contributed by atoms with E-state index in [0.717, 1.165) is 5.56 Å². The topological polar surface area (TPSA) is 52.3 Å². The second-order valence-electron chi connectivity index (χ2n) is 3.43. The number of ether oxygens (including phenoxy) is 1. The van der Waals surface area contributed by atoms with Gasteiger partial charge in [0.2, 0.25) is 0 Å². The molecule has 0 saturated heterocycles. The fourth-order valence-electron chi connectivity index (χ4n) is 1.27. The fourth-order valence-corrected chi connectivity index (χ4v) is 1.48. The summed E-state index contributed by atoms with van der Waals surface area (Å²) in [5.74, 6) is 0.433. The van der Waals surface area contributed by atoms with Crippen LogP contribution in [0.5, 0.6) is 5.75 Å². The van der Waals surface area contributed by atoms with Gasteiger partial charge < -0.3 is 10.5 Å². The Morgan fingerprint density at radius 3 is 2.60 bits per heavy atom. The van der Waals surface area contributed by atoms with Crippen LogP contribution in [0.25, 0.3) is 0 Å². The van der Waals surface area contributed by atoms with Crippen LogP contribution in [-0.4, -0.2) is 18.9 Å². The average molecular weight is 228 g/mol. The summed E-state index contributed by atoms with van der Waals surface area (Å²) < 4.78 is 5.04. The molecule has 2 N–H and O–H groups in total. The third kappa shape index (κ3) is 2.49. The number of carbonyl (C=O) groups excluding carboxylic acids is 1. The molecule has 3 nitrogen and oxygen atoms in total. The van der Waals surface area contributed by atoms with Crippen LogP contribution < -0.4 is 10.5 Å². The van der Waals surface area contributed by atoms with Crippen molar-refractivity contribution < 1.29 is 9.53 Å². The van der Waals surface area contributed by atoms with Crippen LogP contribution in [0.3, 0.4) is 0 Å². The molecule has 0 aliphatic rings. The van der Waals surface area contributed by atoms with Gasteiger partial charge in [-0.3, -0.25) is 4.79 Å². The molecule has 0 aliphatic carbocycles. The standard InChI is InChI=1S/C11H14ClNO2/c1-6-9(11(14)7(2)13)4-8(15-3)5-10(6)12/h4-5,7H,13H2,1-3H3. The summed E-state index contributed by atoms with van der Waals surface area (Å²) in [5, 5.41) is 0.512. The van der Waals surface area contributed by atoms with E-state index in [1.807, 2.05) is 0 Å². The van der Waals surface area contributed by atoms with E-state index in [2.05, 4.69) is 0 Å². The Balaban J connectivity index is 3.27. The molecule has 0 heterocycles. The molecule has 0 aliphatic heterocycles. The first-order valence-electron chi connectivity index (χ1n) is 4.61. The minimum absolute atomic E-state index is 0.131. The van der Waals surface area contributed by atoms with Gasteiger partial charge in [0, 0.05) is 10.6 Å². The highest BCUT2D eigenvalue weighted by molar-refractivity contribution is 6.32. The molecule has 1 unspecified atom stereocenters. The van der Waals surface area contributed by atoms with Gasteiger partial charge in [-0.05, 0) is 31.5 Å². The smallest absolute Gasteiger partial charge is 0.179 e. The van der Waals surface area contributed by atoms with Gasteiger partial charge in [0.25, 0.3) is 0 Å². The van der Waals surface area contributed by atoms with Crippen LogP contribution >= 0.6 is 11.6 Å². The van der Waals surface area contributed by atoms with Gasteiger partial charge in [-0.1, -0.05) is 11.6 Å². The number of ketones is 1. The average Bonchev–Trinajstić information content (AvgIpc) is 2.20. The Morgan fingerprint density at radius 2 is 2.13 bits per heavy atom. The zero-order valence-electron chi connectivity index (χ0n) is 9.00. The van der Waals surface area contributed by atoms with Crippen molar-refractivity contribution in [3.8, 4) is 5.75 Å². The molecule has 0 bridgehead atoms. The highest BCUT2D eigenvalue weighted by Crippen LogP contribution is 2.26. The van der Waals surface area contributed by atoms with Crippen molar-refractivity contribution in [1.82, 2.24) is 0 Å². The van der Waals surface area contributed by atoms with Gasteiger partial charge in [-0.25, -0.2) is 0 Å². The van der Waals surface area contributed by atoms with Gasteiger partial charge in [0.1, 0.15) is 5.75 Å². The van der Waals surface area contributed by atoms with E-state index in [1.165, 1.54) is 7.11 Å². The van der Waals surface area contributed by atoms with Crippen molar-refractivity contribution in [2.75, 3.05) is 7.11 Å². The lowest BCUT2D eigenvalue weighted by Crippen LogP contribution is -2.27. The van der Waals surface area contributed by atoms with Crippen LogP contribution in [0.4, 0.5) is 0 Å². The predicted octanol–water partition coefficient (Wildman–Crippen LogP) is 2.19. The summed E-state index contributed by atoms with van der Waals surface area (Å²) in [6, 6.07) is 2.80. The van der Waals surface area contributed by atoms with E-state index < -0.39 is 6.04 Å². The maximum absolute atomic E-state index is 11.7. The zero-order chi connectivity index (χ0) is 11.6. The summed E-state index contributed by atoms with van der Waals surface area (Å²) in [5.41, 5.74) is 6.80. The zero-order valence-corrected chi connectivity index (χ0v) is 9.76. The van der Waals surface area contributed by atoms with E-state index >= 15 is 0 Å². The molecule has 1 aromatic rings. The monoisotopic (exact) mass is 227 g/mol. The first-order chi connectivity index (χ1) is 6.97. The van der Waals surface area contributed by atoms with Crippen molar-refractivity contribution in [1.29, 1.82) is 0 Å². The molecular weight excluding hydrogens is 214 g/mol. The Kier molecular flexibility index (Phi) is 3.72. The minimum atomic E-state index is -0.535. The molecule has 4 heteroatoms. The Labute approximate surface area is 94.2 Å². The van der Waals surface area contributed by atoms with Crippen molar-refractivity contribution >= 4 is 17.4 Å². The second kappa shape index (κ2) is 4.64. The first-order valence-corrected chi connectivity index (χ1v) is 4.99. The van der Waals surface area contributed by atoms with Crippen LogP contribution in [0, 0.1) is 6.92 Å². The molecule has 1 rings (SSSR count). The number of benzene rings is 1. The lowest BCUT2D eigenvalue weighted by Gasteiger charge is -2.11. The molecule has 0 fully saturated rings. The molecule has 15 heavy (non-hydrogen) atoms. The molecule has 0 radical (unpaired) electrons. The normalized spacial score (nSPS) is 12.3. The maximum Gasteiger partial charge on any atom is 0.179 e. The van der Waals surface area contributed by atoms with Crippen LogP contribution in [0.15, 0.2) is 12.1 Å². The summed E-state index contributed by atoms with van der Waals surface area (Å²) >= 11 is 5.97. The largest absolute Gasteiger partial charge is 0.497 e. The van der Waals surface area contributed by atoms with Crippen molar-refractivity contribution in [2.24, 2.45) is 5.73 Å². The Hall–Kier alpha value is -1.06. The number of methoxy groups -OCH3 is 1. The quantitative estimate of drug-likeness (QED) is 0.806. The number of carbonyl (C=O) groups is 1. The summed E-state index contributed by atoms with van der Waals surface area (Å²) in [4.78, 5) is 11.7. The SMILES string of the molecule is COc1cc(Cl)c(C)c(C(=O)C(C)N)c1. The molecule has 0 aromatic heterocycles. The van der Waals surface area contributed by atoms with Gasteiger partial charge in [-0.15, -0.1) is 0 Å². The fraction of sp³-hybridized carbons (Fsp3) is 0.364. The van der Waals surface area contributed by atoms with E-state index in [0.29, 0.717) is 16.3 Å². The summed E-state index contributed by atoms with van der Waals surface area (Å²) in [6.07, 6.45) is 0. The van der Waals surface area contributed by atoms with Gasteiger partial charge in [0.15, 0.2) is 5.78 Å². The Morgan fingerprint density at radius 1 is 1.53 bits per heavy atom. The first kappa shape index (κ1) is 12.0. The van der Waals surface area contributed by atoms with Gasteiger partial charge in [0.05, 0.1) is 13.2 Å². The van der Waals surface area contributed by atoms with Crippen molar-refractivity contribution in [2.45, 2.75) is 19.9 Å². The Bertz CT molecular complexity index is 388. The second-order valence-corrected chi connectivity index (χ2v) is 3.84. The molecule has 1 aromatic carbocycles. The van der Waals surface area contributed by atoms with Crippen molar-refractivity contribution in [3.05, 3.63) is 28.3 Å². The minimum Gasteiger partial charge on any atom is -0.497 e. The van der Waals surface area contributed by atoms with E-state index in [1.54, 1.807) is 26.0 Å². The predicted molar refractivity (Wildman–Crippen MR) is 60.7 cm³/mol. The van der Waals surface area contributed by atoms with Crippen LogP contribution in [0.2, 0.25) is 5.02 Å². The summed E-state index contributed by atoms with van der Waals surface area (Å²) in [7, 11) is 1.53. The number of nitrogens with two attached hydrogens (primary N) is 1. The lowest BCUT2D eigenvalue weighted by atomic mass is 10.0. The number of hydrogen-bond acceptors (Lipinski definition) is 3. The van der Waals surface area contributed by atoms with Crippen LogP contribution in [-0.2, 0) is 0 Å². The van der Waals surface area contributed by atoms with Crippen LogP contribution in [0.1, 0.15) is 22.8 Å². The van der Waals surface area contributed by atoms with E-state index in [-0.39, 0.29) is 5.78 Å². The molecule has 0 amide bonds. The van der Waals surface area contributed by atoms with Crippen molar-refractivity contribution in [3.63, 3.8) is 0 Å². The van der Waals surface area contributed by atoms with Gasteiger partial charge in [-0.2, -0.15) is 0 Å².